The molecule has 1 aliphatic rings. The number of rotatable bonds is 9. The molecule has 154 valence electrons. The van der Waals surface area contributed by atoms with Crippen molar-refractivity contribution >= 4 is 21.5 Å². The zero-order valence-corrected chi connectivity index (χ0v) is 17.8. The van der Waals surface area contributed by atoms with Crippen molar-refractivity contribution in [1.82, 2.24) is 9.62 Å². The smallest absolute Gasteiger partial charge is 0.262 e. The number of unbranched alkanes of at least 4 members (excludes halogenated alkanes) is 2. The van der Waals surface area contributed by atoms with E-state index < -0.39 is 10.0 Å². The molecule has 0 spiro atoms. The largest absolute Gasteiger partial charge is 0.369 e. The molecule has 0 atom stereocenters. The van der Waals surface area contributed by atoms with Crippen molar-refractivity contribution in [2.75, 3.05) is 13.1 Å². The van der Waals surface area contributed by atoms with Crippen LogP contribution in [0.3, 0.4) is 0 Å². The van der Waals surface area contributed by atoms with E-state index in [9.17, 15) is 13.2 Å². The first-order valence-electron chi connectivity index (χ1n) is 10.2. The van der Waals surface area contributed by atoms with Gasteiger partial charge in [-0.25, -0.2) is 8.42 Å². The van der Waals surface area contributed by atoms with Gasteiger partial charge in [0.2, 0.25) is 5.78 Å². The zero-order valence-electron chi connectivity index (χ0n) is 17.0. The molecule has 2 aromatic carbocycles. The lowest BCUT2D eigenvalue weighted by atomic mass is 10.0. The molecule has 6 heteroatoms. The maximum Gasteiger partial charge on any atom is 0.262 e. The summed E-state index contributed by atoms with van der Waals surface area (Å²) >= 11 is 0. The van der Waals surface area contributed by atoms with E-state index in [-0.39, 0.29) is 16.4 Å². The first kappa shape index (κ1) is 21.1. The quantitative estimate of drug-likeness (QED) is 0.619. The summed E-state index contributed by atoms with van der Waals surface area (Å²) in [5.74, 6) is -0.309. The minimum Gasteiger partial charge on any atom is -0.369 e. The number of carbonyl (C=O) groups excluding carboxylic acids is 1. The molecule has 0 radical (unpaired) electrons. The summed E-state index contributed by atoms with van der Waals surface area (Å²) in [6, 6.07) is 15.8. The fraction of sp³-hybridized carbons (Fsp3) is 0.348. The Morgan fingerprint density at radius 1 is 0.897 bits per heavy atom. The van der Waals surface area contributed by atoms with E-state index in [0.29, 0.717) is 16.8 Å². The Hall–Kier alpha value is -2.60. The van der Waals surface area contributed by atoms with E-state index in [1.165, 1.54) is 0 Å². The van der Waals surface area contributed by atoms with Crippen LogP contribution in [-0.4, -0.2) is 32.2 Å². The molecule has 1 aliphatic heterocycles. The van der Waals surface area contributed by atoms with Crippen molar-refractivity contribution in [3.63, 3.8) is 0 Å². The minimum absolute atomic E-state index is 0.141. The van der Waals surface area contributed by atoms with Gasteiger partial charge in [-0.05, 0) is 18.9 Å². The second kappa shape index (κ2) is 9.27. The van der Waals surface area contributed by atoms with Crippen LogP contribution in [0.25, 0.3) is 5.70 Å². The first-order valence-corrected chi connectivity index (χ1v) is 11.7. The lowest BCUT2D eigenvalue weighted by Crippen LogP contribution is -2.38. The molecule has 5 nitrogen and oxygen atoms in total. The predicted molar refractivity (Wildman–Crippen MR) is 116 cm³/mol. The average molecular weight is 413 g/mol. The number of nitrogens with zero attached hydrogens (tertiary/aromatic N) is 1. The summed E-state index contributed by atoms with van der Waals surface area (Å²) in [7, 11) is -3.81. The Morgan fingerprint density at radius 2 is 1.48 bits per heavy atom. The van der Waals surface area contributed by atoms with E-state index in [4.69, 9.17) is 0 Å². The Kier molecular flexibility index (Phi) is 6.75. The van der Waals surface area contributed by atoms with E-state index >= 15 is 0 Å². The summed E-state index contributed by atoms with van der Waals surface area (Å²) in [5.41, 5.74) is 1.89. The van der Waals surface area contributed by atoms with Gasteiger partial charge in [0.25, 0.3) is 10.0 Å². The topological polar surface area (TPSA) is 66.5 Å². The maximum atomic E-state index is 13.3. The summed E-state index contributed by atoms with van der Waals surface area (Å²) in [6.45, 7) is 5.79. The highest BCUT2D eigenvalue weighted by atomic mass is 32.2. The van der Waals surface area contributed by atoms with Gasteiger partial charge in [0.05, 0.1) is 10.6 Å². The molecule has 0 saturated heterocycles. The van der Waals surface area contributed by atoms with Crippen molar-refractivity contribution in [1.29, 1.82) is 0 Å². The molecule has 0 unspecified atom stereocenters. The van der Waals surface area contributed by atoms with E-state index in [2.05, 4.69) is 23.5 Å². The zero-order chi connectivity index (χ0) is 20.9. The predicted octanol–water partition coefficient (Wildman–Crippen LogP) is 4.43. The number of hydrogen-bond acceptors (Lipinski definition) is 4. The van der Waals surface area contributed by atoms with Gasteiger partial charge in [0, 0.05) is 24.2 Å². The Balaban J connectivity index is 2.21. The standard InChI is InChI=1S/C23H28N2O3S/c1-3-5-16-25(17-6-4-2)22-19-14-10-11-15-20(19)29(27,28)24-21(22)23(26)18-12-8-7-9-13-18/h7-15,24H,3-6,16-17H2,1-2H3. The molecular weight excluding hydrogens is 384 g/mol. The third kappa shape index (κ3) is 4.53. The van der Waals surface area contributed by atoms with E-state index in [0.717, 1.165) is 38.8 Å². The highest BCUT2D eigenvalue weighted by molar-refractivity contribution is 7.89. The third-order valence-electron chi connectivity index (χ3n) is 5.05. The molecule has 0 bridgehead atoms. The van der Waals surface area contributed by atoms with Crippen LogP contribution in [0.2, 0.25) is 0 Å². The lowest BCUT2D eigenvalue weighted by Gasteiger charge is -2.33. The molecule has 2 aromatic rings. The van der Waals surface area contributed by atoms with Crippen LogP contribution in [0.1, 0.15) is 55.5 Å². The minimum atomic E-state index is -3.81. The summed E-state index contributed by atoms with van der Waals surface area (Å²) in [6.07, 6.45) is 3.97. The van der Waals surface area contributed by atoms with Gasteiger partial charge in [-0.1, -0.05) is 75.2 Å². The molecule has 0 aliphatic carbocycles. The second-order valence-electron chi connectivity index (χ2n) is 7.21. The monoisotopic (exact) mass is 412 g/mol. The number of carbonyl (C=O) groups is 1. The highest BCUT2D eigenvalue weighted by Crippen LogP contribution is 2.34. The average Bonchev–Trinajstić information content (AvgIpc) is 2.74. The molecule has 3 rings (SSSR count). The van der Waals surface area contributed by atoms with Gasteiger partial charge in [-0.2, -0.15) is 0 Å². The molecular formula is C23H28N2O3S. The molecule has 0 amide bonds. The number of nitrogens with one attached hydrogen (secondary N) is 1. The molecule has 0 aromatic heterocycles. The second-order valence-corrected chi connectivity index (χ2v) is 8.87. The van der Waals surface area contributed by atoms with Gasteiger partial charge in [0.1, 0.15) is 5.70 Å². The van der Waals surface area contributed by atoms with Crippen LogP contribution in [0.4, 0.5) is 0 Å². The number of hydrogen-bond donors (Lipinski definition) is 1. The maximum absolute atomic E-state index is 13.3. The van der Waals surface area contributed by atoms with Gasteiger partial charge < -0.3 is 4.90 Å². The first-order chi connectivity index (χ1) is 14.0. The summed E-state index contributed by atoms with van der Waals surface area (Å²) < 4.78 is 28.4. The van der Waals surface area contributed by atoms with Crippen LogP contribution in [0.15, 0.2) is 65.2 Å². The van der Waals surface area contributed by atoms with E-state index in [1.807, 2.05) is 12.1 Å². The van der Waals surface area contributed by atoms with Crippen molar-refractivity contribution in [2.45, 2.75) is 44.4 Å². The highest BCUT2D eigenvalue weighted by Gasteiger charge is 2.34. The van der Waals surface area contributed by atoms with Gasteiger partial charge in [-0.15, -0.1) is 0 Å². The number of benzene rings is 2. The van der Waals surface area contributed by atoms with Gasteiger partial charge in [0.15, 0.2) is 0 Å². The van der Waals surface area contributed by atoms with Crippen molar-refractivity contribution in [3.05, 3.63) is 71.4 Å². The number of sulfonamides is 1. The number of fused-ring (bicyclic) bond motifs is 1. The Bertz CT molecular complexity index is 990. The van der Waals surface area contributed by atoms with Crippen molar-refractivity contribution in [3.8, 4) is 0 Å². The molecule has 29 heavy (non-hydrogen) atoms. The van der Waals surface area contributed by atoms with Crippen LogP contribution in [-0.2, 0) is 10.0 Å². The fourth-order valence-corrected chi connectivity index (χ4v) is 4.80. The van der Waals surface area contributed by atoms with Crippen LogP contribution in [0, 0.1) is 0 Å². The number of ketones is 1. The summed E-state index contributed by atoms with van der Waals surface area (Å²) in [5, 5.41) is 0. The normalized spacial score (nSPS) is 14.8. The molecule has 1 N–H and O–H groups in total. The number of Topliss-reactive ketones (excluding diaryl/α,β-unsaturated/α-hetero) is 1. The van der Waals surface area contributed by atoms with Gasteiger partial charge >= 0.3 is 0 Å². The van der Waals surface area contributed by atoms with Crippen LogP contribution in [0.5, 0.6) is 0 Å². The molecule has 0 saturated carbocycles. The molecule has 1 heterocycles. The van der Waals surface area contributed by atoms with Crippen LogP contribution >= 0.6 is 0 Å². The summed E-state index contributed by atoms with van der Waals surface area (Å²) in [4.78, 5) is 15.7. The van der Waals surface area contributed by atoms with Crippen molar-refractivity contribution in [2.24, 2.45) is 0 Å². The fourth-order valence-electron chi connectivity index (χ4n) is 3.52. The Labute approximate surface area is 173 Å². The lowest BCUT2D eigenvalue weighted by molar-refractivity contribution is 0.102. The van der Waals surface area contributed by atoms with E-state index in [1.54, 1.807) is 42.5 Å². The Morgan fingerprint density at radius 3 is 2.10 bits per heavy atom. The van der Waals surface area contributed by atoms with Gasteiger partial charge in [-0.3, -0.25) is 9.52 Å². The molecule has 0 fully saturated rings. The van der Waals surface area contributed by atoms with Crippen molar-refractivity contribution < 1.29 is 13.2 Å². The number of allylic oxidation sites excluding steroid dienone is 1. The van der Waals surface area contributed by atoms with Crippen LogP contribution < -0.4 is 4.72 Å². The third-order valence-corrected chi connectivity index (χ3v) is 6.46. The SMILES string of the molecule is CCCCN(CCCC)C1=C(C(=O)c2ccccc2)NS(=O)(=O)c2ccccc21.